The number of aryl methyl sites for hydroxylation is 1. The first-order chi connectivity index (χ1) is 9.96. The summed E-state index contributed by atoms with van der Waals surface area (Å²) in [5.74, 6) is -0.283. The lowest BCUT2D eigenvalue weighted by molar-refractivity contribution is -0.123. The van der Waals surface area contributed by atoms with Gasteiger partial charge in [0.05, 0.1) is 24.5 Å². The molecule has 0 spiro atoms. The Balaban J connectivity index is 2.62. The molecule has 0 fully saturated rings. The molecular formula is C15H24N4O2. The molecule has 1 aromatic carbocycles. The van der Waals surface area contributed by atoms with Crippen molar-refractivity contribution in [1.29, 1.82) is 0 Å². The first kappa shape index (κ1) is 17.0. The van der Waals surface area contributed by atoms with Crippen LogP contribution in [0, 0.1) is 6.92 Å². The minimum Gasteiger partial charge on any atom is -0.397 e. The third-order valence-electron chi connectivity index (χ3n) is 3.03. The number of nitrogens with zero attached hydrogens (tertiary/aromatic N) is 1. The van der Waals surface area contributed by atoms with Crippen LogP contribution in [0.4, 0.5) is 11.4 Å². The zero-order chi connectivity index (χ0) is 15.8. The van der Waals surface area contributed by atoms with Gasteiger partial charge in [0.1, 0.15) is 0 Å². The smallest absolute Gasteiger partial charge is 0.238 e. The lowest BCUT2D eigenvalue weighted by atomic mass is 10.2. The molecule has 4 N–H and O–H groups in total. The standard InChI is InChI=1S/C15H24N4O2/c1-4-7-19(9-14(20)17-3)10-15(21)18-13-6-5-11(2)8-12(13)16/h5-6,8H,4,7,9-10,16H2,1-3H3,(H,17,20)(H,18,21). The summed E-state index contributed by atoms with van der Waals surface area (Å²) in [6.07, 6.45) is 0.872. The molecule has 0 unspecified atom stereocenters. The number of benzene rings is 1. The fourth-order valence-electron chi connectivity index (χ4n) is 2.00. The van der Waals surface area contributed by atoms with Crippen molar-refractivity contribution >= 4 is 23.2 Å². The van der Waals surface area contributed by atoms with Gasteiger partial charge in [-0.15, -0.1) is 0 Å². The van der Waals surface area contributed by atoms with E-state index in [1.807, 2.05) is 26.0 Å². The van der Waals surface area contributed by atoms with Crippen molar-refractivity contribution in [3.05, 3.63) is 23.8 Å². The van der Waals surface area contributed by atoms with E-state index in [0.29, 0.717) is 17.9 Å². The number of hydrogen-bond donors (Lipinski definition) is 3. The van der Waals surface area contributed by atoms with Crippen LogP contribution in [-0.4, -0.2) is 43.4 Å². The third kappa shape index (κ3) is 5.83. The fourth-order valence-corrected chi connectivity index (χ4v) is 2.00. The van der Waals surface area contributed by atoms with Crippen LogP contribution in [0.2, 0.25) is 0 Å². The van der Waals surface area contributed by atoms with E-state index >= 15 is 0 Å². The highest BCUT2D eigenvalue weighted by molar-refractivity contribution is 5.95. The predicted octanol–water partition coefficient (Wildman–Crippen LogP) is 0.974. The van der Waals surface area contributed by atoms with Gasteiger partial charge in [-0.3, -0.25) is 14.5 Å². The van der Waals surface area contributed by atoms with E-state index in [-0.39, 0.29) is 24.9 Å². The summed E-state index contributed by atoms with van der Waals surface area (Å²) in [6.45, 7) is 5.00. The van der Waals surface area contributed by atoms with Crippen molar-refractivity contribution in [1.82, 2.24) is 10.2 Å². The topological polar surface area (TPSA) is 87.5 Å². The second kappa shape index (κ2) is 8.26. The number of carbonyl (C=O) groups excluding carboxylic acids is 2. The number of nitrogen functional groups attached to an aromatic ring is 1. The molecule has 0 atom stereocenters. The molecule has 6 nitrogen and oxygen atoms in total. The SMILES string of the molecule is CCCN(CC(=O)NC)CC(=O)Nc1ccc(C)cc1N. The monoisotopic (exact) mass is 292 g/mol. The lowest BCUT2D eigenvalue weighted by Crippen LogP contribution is -2.40. The van der Waals surface area contributed by atoms with Gasteiger partial charge in [0.15, 0.2) is 0 Å². The van der Waals surface area contributed by atoms with Gasteiger partial charge in [-0.25, -0.2) is 0 Å². The molecule has 21 heavy (non-hydrogen) atoms. The Morgan fingerprint density at radius 3 is 2.48 bits per heavy atom. The maximum atomic E-state index is 12.1. The molecule has 6 heteroatoms. The summed E-state index contributed by atoms with van der Waals surface area (Å²) < 4.78 is 0. The van der Waals surface area contributed by atoms with Crippen LogP contribution in [-0.2, 0) is 9.59 Å². The largest absolute Gasteiger partial charge is 0.397 e. The van der Waals surface area contributed by atoms with Crippen LogP contribution in [0.3, 0.4) is 0 Å². The quantitative estimate of drug-likeness (QED) is 0.654. The van der Waals surface area contributed by atoms with E-state index < -0.39 is 0 Å². The minimum atomic E-state index is -0.178. The molecule has 0 aromatic heterocycles. The van der Waals surface area contributed by atoms with Crippen molar-refractivity contribution in [2.24, 2.45) is 0 Å². The summed E-state index contributed by atoms with van der Waals surface area (Å²) in [6, 6.07) is 5.48. The average Bonchev–Trinajstić information content (AvgIpc) is 2.42. The second-order valence-electron chi connectivity index (χ2n) is 5.02. The molecule has 0 bridgehead atoms. The number of nitrogens with two attached hydrogens (primary N) is 1. The summed E-state index contributed by atoms with van der Waals surface area (Å²) >= 11 is 0. The van der Waals surface area contributed by atoms with E-state index in [0.717, 1.165) is 12.0 Å². The van der Waals surface area contributed by atoms with Crippen LogP contribution >= 0.6 is 0 Å². The Morgan fingerprint density at radius 1 is 1.24 bits per heavy atom. The van der Waals surface area contributed by atoms with E-state index in [1.165, 1.54) is 0 Å². The van der Waals surface area contributed by atoms with Crippen LogP contribution < -0.4 is 16.4 Å². The first-order valence-electron chi connectivity index (χ1n) is 7.05. The molecule has 0 aliphatic heterocycles. The van der Waals surface area contributed by atoms with E-state index in [9.17, 15) is 9.59 Å². The van der Waals surface area contributed by atoms with Gasteiger partial charge >= 0.3 is 0 Å². The first-order valence-corrected chi connectivity index (χ1v) is 7.05. The minimum absolute atomic E-state index is 0.105. The average molecular weight is 292 g/mol. The highest BCUT2D eigenvalue weighted by Gasteiger charge is 2.14. The van der Waals surface area contributed by atoms with Crippen LogP contribution in [0.25, 0.3) is 0 Å². The molecular weight excluding hydrogens is 268 g/mol. The van der Waals surface area contributed by atoms with Crippen molar-refractivity contribution in [2.45, 2.75) is 20.3 Å². The van der Waals surface area contributed by atoms with Gasteiger partial charge in [-0.2, -0.15) is 0 Å². The van der Waals surface area contributed by atoms with Gasteiger partial charge in [-0.1, -0.05) is 13.0 Å². The molecule has 0 aliphatic rings. The van der Waals surface area contributed by atoms with Gasteiger partial charge in [0.25, 0.3) is 0 Å². The zero-order valence-electron chi connectivity index (χ0n) is 12.9. The molecule has 2 amide bonds. The summed E-state index contributed by atoms with van der Waals surface area (Å²) in [4.78, 5) is 25.3. The van der Waals surface area contributed by atoms with Crippen LogP contribution in [0.1, 0.15) is 18.9 Å². The van der Waals surface area contributed by atoms with Crippen LogP contribution in [0.5, 0.6) is 0 Å². The third-order valence-corrected chi connectivity index (χ3v) is 3.03. The molecule has 0 saturated heterocycles. The van der Waals surface area contributed by atoms with Crippen molar-refractivity contribution in [3.63, 3.8) is 0 Å². The Morgan fingerprint density at radius 2 is 1.90 bits per heavy atom. The zero-order valence-corrected chi connectivity index (χ0v) is 12.9. The fraction of sp³-hybridized carbons (Fsp3) is 0.467. The summed E-state index contributed by atoms with van der Waals surface area (Å²) in [5, 5.41) is 5.34. The van der Waals surface area contributed by atoms with Crippen molar-refractivity contribution in [3.8, 4) is 0 Å². The number of nitrogens with one attached hydrogen (secondary N) is 2. The normalized spacial score (nSPS) is 10.5. The summed E-state index contributed by atoms with van der Waals surface area (Å²) in [7, 11) is 1.58. The number of hydrogen-bond acceptors (Lipinski definition) is 4. The van der Waals surface area contributed by atoms with Gasteiger partial charge in [-0.05, 0) is 37.6 Å². The van der Waals surface area contributed by atoms with Crippen LogP contribution in [0.15, 0.2) is 18.2 Å². The number of rotatable bonds is 7. The molecule has 0 saturated carbocycles. The number of anilines is 2. The maximum absolute atomic E-state index is 12.1. The Hall–Kier alpha value is -2.08. The highest BCUT2D eigenvalue weighted by atomic mass is 16.2. The second-order valence-corrected chi connectivity index (χ2v) is 5.02. The Bertz CT molecular complexity index is 502. The molecule has 0 heterocycles. The van der Waals surface area contributed by atoms with Crippen molar-refractivity contribution in [2.75, 3.05) is 37.7 Å². The number of amides is 2. The van der Waals surface area contributed by atoms with Gasteiger partial charge in [0, 0.05) is 7.05 Å². The van der Waals surface area contributed by atoms with E-state index in [4.69, 9.17) is 5.73 Å². The van der Waals surface area contributed by atoms with Gasteiger partial charge in [0.2, 0.25) is 11.8 Å². The Kier molecular flexibility index (Phi) is 6.68. The molecule has 0 radical (unpaired) electrons. The molecule has 0 aliphatic carbocycles. The lowest BCUT2D eigenvalue weighted by Gasteiger charge is -2.20. The number of carbonyl (C=O) groups is 2. The van der Waals surface area contributed by atoms with Crippen molar-refractivity contribution < 1.29 is 9.59 Å². The Labute approximate surface area is 125 Å². The highest BCUT2D eigenvalue weighted by Crippen LogP contribution is 2.19. The van der Waals surface area contributed by atoms with E-state index in [1.54, 1.807) is 18.0 Å². The predicted molar refractivity (Wildman–Crippen MR) is 85.0 cm³/mol. The molecule has 1 aromatic rings. The maximum Gasteiger partial charge on any atom is 0.238 e. The van der Waals surface area contributed by atoms with Gasteiger partial charge < -0.3 is 16.4 Å². The number of likely N-dealkylation sites (N-methyl/N-ethyl adjacent to an activating group) is 1. The van der Waals surface area contributed by atoms with E-state index in [2.05, 4.69) is 10.6 Å². The molecule has 116 valence electrons. The molecule has 1 rings (SSSR count). The summed E-state index contributed by atoms with van der Waals surface area (Å²) in [5.41, 5.74) is 8.05.